The first-order valence-electron chi connectivity index (χ1n) is 4.11. The number of aromatic nitrogens is 2. The fraction of sp³-hybridized carbons (Fsp3) is 0.500. The maximum atomic E-state index is 12.0. The first kappa shape index (κ1) is 12.7. The maximum Gasteiger partial charge on any atom is 0.434 e. The summed E-state index contributed by atoms with van der Waals surface area (Å²) < 4.78 is 35.9. The number of nitrogens with one attached hydrogen (secondary N) is 1. The van der Waals surface area contributed by atoms with Gasteiger partial charge in [0.1, 0.15) is 5.82 Å². The summed E-state index contributed by atoms with van der Waals surface area (Å²) in [7, 11) is 1.48. The molecule has 0 aromatic carbocycles. The van der Waals surface area contributed by atoms with E-state index >= 15 is 0 Å². The van der Waals surface area contributed by atoms with Gasteiger partial charge >= 0.3 is 6.18 Å². The van der Waals surface area contributed by atoms with Crippen molar-refractivity contribution in [2.75, 3.05) is 12.4 Å². The van der Waals surface area contributed by atoms with Gasteiger partial charge in [-0.2, -0.15) is 13.2 Å². The van der Waals surface area contributed by atoms with Crippen LogP contribution < -0.4 is 5.32 Å². The number of alkyl halides is 3. The molecule has 80 valence electrons. The number of rotatable bonds is 1. The number of anilines is 1. The number of hydrogen-bond acceptors (Lipinski definition) is 3. The van der Waals surface area contributed by atoms with E-state index in [0.717, 1.165) is 0 Å². The largest absolute Gasteiger partial charge is 0.434 e. The minimum atomic E-state index is -4.43. The fourth-order valence-corrected chi connectivity index (χ4v) is 0.623. The van der Waals surface area contributed by atoms with Crippen molar-refractivity contribution >= 4 is 5.82 Å². The molecule has 0 unspecified atom stereocenters. The predicted molar refractivity (Wildman–Crippen MR) is 47.9 cm³/mol. The summed E-state index contributed by atoms with van der Waals surface area (Å²) in [4.78, 5) is 6.64. The van der Waals surface area contributed by atoms with Gasteiger partial charge in [0.25, 0.3) is 0 Å². The van der Waals surface area contributed by atoms with E-state index in [0.29, 0.717) is 6.20 Å². The lowest BCUT2D eigenvalue weighted by molar-refractivity contribution is -0.141. The van der Waals surface area contributed by atoms with Gasteiger partial charge in [0.2, 0.25) is 0 Å². The summed E-state index contributed by atoms with van der Waals surface area (Å²) in [5, 5.41) is 2.47. The Hall–Kier alpha value is -1.33. The molecule has 0 amide bonds. The van der Waals surface area contributed by atoms with Crippen LogP contribution in [0.4, 0.5) is 19.0 Å². The Morgan fingerprint density at radius 1 is 1.21 bits per heavy atom. The quantitative estimate of drug-likeness (QED) is 0.769. The molecule has 0 saturated heterocycles. The van der Waals surface area contributed by atoms with Crippen LogP contribution in [0, 0.1) is 0 Å². The average Bonchev–Trinajstić information content (AvgIpc) is 2.20. The summed E-state index contributed by atoms with van der Waals surface area (Å²) in [5.41, 5.74) is -0.991. The summed E-state index contributed by atoms with van der Waals surface area (Å²) in [5.74, 6) is 0.102. The number of hydrogen-bond donors (Lipinski definition) is 1. The molecule has 0 aliphatic carbocycles. The number of nitrogens with zero attached hydrogens (tertiary/aromatic N) is 2. The Kier molecular flexibility index (Phi) is 4.90. The van der Waals surface area contributed by atoms with Crippen molar-refractivity contribution in [2.24, 2.45) is 0 Å². The molecule has 1 aromatic heterocycles. The zero-order chi connectivity index (χ0) is 11.2. The smallest absolute Gasteiger partial charge is 0.372 e. The number of halogens is 3. The van der Waals surface area contributed by atoms with Crippen molar-refractivity contribution in [1.82, 2.24) is 9.97 Å². The Bertz CT molecular complexity index is 273. The molecule has 1 aromatic rings. The highest BCUT2D eigenvalue weighted by Gasteiger charge is 2.32. The van der Waals surface area contributed by atoms with Gasteiger partial charge in [-0.05, 0) is 0 Å². The van der Waals surface area contributed by atoms with Crippen LogP contribution in [0.15, 0.2) is 12.4 Å². The minimum absolute atomic E-state index is 0.102. The molecule has 0 aliphatic rings. The Morgan fingerprint density at radius 3 is 2.21 bits per heavy atom. The van der Waals surface area contributed by atoms with Gasteiger partial charge in [0, 0.05) is 7.05 Å². The van der Waals surface area contributed by atoms with Crippen LogP contribution in [0.1, 0.15) is 19.5 Å². The lowest BCUT2D eigenvalue weighted by atomic mass is 10.4. The second kappa shape index (κ2) is 5.41. The molecule has 0 radical (unpaired) electrons. The van der Waals surface area contributed by atoms with E-state index in [4.69, 9.17) is 0 Å². The van der Waals surface area contributed by atoms with E-state index in [1.54, 1.807) is 0 Å². The van der Waals surface area contributed by atoms with Crippen LogP contribution in [0.3, 0.4) is 0 Å². The maximum absolute atomic E-state index is 12.0. The van der Waals surface area contributed by atoms with Crippen molar-refractivity contribution in [1.29, 1.82) is 0 Å². The highest BCUT2D eigenvalue weighted by atomic mass is 19.4. The highest BCUT2D eigenvalue weighted by Crippen LogP contribution is 2.27. The molecular weight excluding hydrogens is 195 g/mol. The van der Waals surface area contributed by atoms with E-state index in [1.165, 1.54) is 13.2 Å². The van der Waals surface area contributed by atoms with Crippen molar-refractivity contribution in [3.63, 3.8) is 0 Å². The molecule has 0 bridgehead atoms. The zero-order valence-corrected chi connectivity index (χ0v) is 8.18. The fourth-order valence-electron chi connectivity index (χ4n) is 0.623. The van der Waals surface area contributed by atoms with E-state index in [2.05, 4.69) is 15.3 Å². The molecule has 1 rings (SSSR count). The van der Waals surface area contributed by atoms with Crippen LogP contribution in [0.25, 0.3) is 0 Å². The molecule has 6 heteroatoms. The second-order valence-electron chi connectivity index (χ2n) is 2.04. The van der Waals surface area contributed by atoms with Crippen LogP contribution in [-0.4, -0.2) is 17.0 Å². The molecule has 0 saturated carbocycles. The average molecular weight is 207 g/mol. The van der Waals surface area contributed by atoms with E-state index < -0.39 is 11.9 Å². The molecule has 0 atom stereocenters. The standard InChI is InChI=1S/C6H6F3N3.C2H6/c1-10-5-3-11-2-4(12-5)6(7,8)9;1-2/h2-3H,1H3,(H,10,12);1-2H3. The summed E-state index contributed by atoms with van der Waals surface area (Å²) >= 11 is 0. The van der Waals surface area contributed by atoms with E-state index in [9.17, 15) is 13.2 Å². The third-order valence-corrected chi connectivity index (χ3v) is 1.18. The van der Waals surface area contributed by atoms with Gasteiger partial charge in [-0.1, -0.05) is 13.8 Å². The summed E-state index contributed by atoms with van der Waals surface area (Å²) in [6.07, 6.45) is -2.53. The molecule has 3 nitrogen and oxygen atoms in total. The zero-order valence-electron chi connectivity index (χ0n) is 8.18. The highest BCUT2D eigenvalue weighted by molar-refractivity contribution is 5.30. The van der Waals surface area contributed by atoms with Crippen LogP contribution >= 0.6 is 0 Å². The second-order valence-corrected chi connectivity index (χ2v) is 2.04. The Balaban J connectivity index is 0.000000791. The van der Waals surface area contributed by atoms with Crippen molar-refractivity contribution in [3.05, 3.63) is 18.1 Å². The Morgan fingerprint density at radius 2 is 1.79 bits per heavy atom. The van der Waals surface area contributed by atoms with Crippen LogP contribution in [0.2, 0.25) is 0 Å². The molecule has 14 heavy (non-hydrogen) atoms. The lowest BCUT2D eigenvalue weighted by Gasteiger charge is -2.05. The van der Waals surface area contributed by atoms with Crippen molar-refractivity contribution in [3.8, 4) is 0 Å². The van der Waals surface area contributed by atoms with Gasteiger partial charge in [0.15, 0.2) is 5.69 Å². The van der Waals surface area contributed by atoms with Gasteiger partial charge in [-0.15, -0.1) is 0 Å². The molecule has 1 N–H and O–H groups in total. The predicted octanol–water partition coefficient (Wildman–Crippen LogP) is 2.56. The summed E-state index contributed by atoms with van der Waals surface area (Å²) in [6, 6.07) is 0. The third-order valence-electron chi connectivity index (χ3n) is 1.18. The topological polar surface area (TPSA) is 37.8 Å². The minimum Gasteiger partial charge on any atom is -0.372 e. The van der Waals surface area contributed by atoms with Gasteiger partial charge in [-0.25, -0.2) is 4.98 Å². The first-order chi connectivity index (χ1) is 6.54. The Labute approximate surface area is 80.4 Å². The van der Waals surface area contributed by atoms with E-state index in [-0.39, 0.29) is 5.82 Å². The first-order valence-corrected chi connectivity index (χ1v) is 4.11. The lowest BCUT2D eigenvalue weighted by Crippen LogP contribution is -2.09. The third kappa shape index (κ3) is 3.59. The van der Waals surface area contributed by atoms with Crippen molar-refractivity contribution in [2.45, 2.75) is 20.0 Å². The summed E-state index contributed by atoms with van der Waals surface area (Å²) in [6.45, 7) is 4.00. The molecule has 1 heterocycles. The van der Waals surface area contributed by atoms with E-state index in [1.807, 2.05) is 13.8 Å². The van der Waals surface area contributed by atoms with Gasteiger partial charge in [-0.3, -0.25) is 4.98 Å². The van der Waals surface area contributed by atoms with Gasteiger partial charge < -0.3 is 5.32 Å². The van der Waals surface area contributed by atoms with Crippen LogP contribution in [0.5, 0.6) is 0 Å². The normalized spacial score (nSPS) is 10.1. The molecule has 0 spiro atoms. The SMILES string of the molecule is CC.CNc1cncc(C(F)(F)F)n1. The molecule has 0 aliphatic heterocycles. The van der Waals surface area contributed by atoms with Crippen LogP contribution in [-0.2, 0) is 6.18 Å². The monoisotopic (exact) mass is 207 g/mol. The molecule has 0 fully saturated rings. The van der Waals surface area contributed by atoms with Crippen molar-refractivity contribution < 1.29 is 13.2 Å². The van der Waals surface area contributed by atoms with Gasteiger partial charge in [0.05, 0.1) is 12.4 Å². The molecular formula is C8H12F3N3.